The summed E-state index contributed by atoms with van der Waals surface area (Å²) in [4.78, 5) is 60.6. The summed E-state index contributed by atoms with van der Waals surface area (Å²) in [6, 6.07) is 8.58. The Bertz CT molecular complexity index is 1740. The van der Waals surface area contributed by atoms with Gasteiger partial charge in [-0.3, -0.25) is 14.4 Å². The molecule has 1 atom stereocenters. The predicted molar refractivity (Wildman–Crippen MR) is 142 cm³/mol. The van der Waals surface area contributed by atoms with E-state index in [0.717, 1.165) is 13.0 Å². The van der Waals surface area contributed by atoms with Crippen LogP contribution >= 0.6 is 0 Å². The van der Waals surface area contributed by atoms with Crippen molar-refractivity contribution in [2.75, 3.05) is 0 Å². The first-order valence-corrected chi connectivity index (χ1v) is 12.9. The zero-order valence-electron chi connectivity index (χ0n) is 22.5. The lowest BCUT2D eigenvalue weighted by molar-refractivity contribution is -0.142. The highest BCUT2D eigenvalue weighted by Gasteiger charge is 2.56. The van der Waals surface area contributed by atoms with Crippen LogP contribution in [0.1, 0.15) is 73.9 Å². The van der Waals surface area contributed by atoms with Gasteiger partial charge in [-0.2, -0.15) is 0 Å². The number of fused-ring (bicyclic) bond motifs is 6. The van der Waals surface area contributed by atoms with Gasteiger partial charge in [-0.05, 0) is 30.5 Å². The number of aryl methyl sites for hydroxylation is 1. The highest BCUT2D eigenvalue weighted by Crippen LogP contribution is 2.60. The molecule has 0 amide bonds. The van der Waals surface area contributed by atoms with Crippen molar-refractivity contribution in [3.63, 3.8) is 0 Å². The largest absolute Gasteiger partial charge is 0.508 e. The van der Waals surface area contributed by atoms with Crippen molar-refractivity contribution in [3.05, 3.63) is 80.9 Å². The minimum atomic E-state index is -2.01. The third-order valence-corrected chi connectivity index (χ3v) is 7.37. The van der Waals surface area contributed by atoms with Crippen LogP contribution < -0.4 is 4.74 Å². The molecule has 222 valence electrons. The molecule has 2 aliphatic heterocycles. The normalized spacial score (nSPS) is 16.0. The third-order valence-electron chi connectivity index (χ3n) is 7.37. The topological polar surface area (TPSA) is 214 Å². The van der Waals surface area contributed by atoms with Crippen LogP contribution in [0.4, 0.5) is 0 Å². The molecule has 5 rings (SSSR count). The van der Waals surface area contributed by atoms with E-state index in [4.69, 9.17) is 14.2 Å². The molecule has 3 aromatic carbocycles. The van der Waals surface area contributed by atoms with E-state index in [1.54, 1.807) is 18.2 Å². The number of benzene rings is 3. The van der Waals surface area contributed by atoms with Crippen LogP contribution in [0.3, 0.4) is 0 Å². The molecule has 0 saturated carbocycles. The smallest absolute Gasteiger partial charge is 0.343 e. The molecule has 13 nitrogen and oxygen atoms in total. The minimum Gasteiger partial charge on any atom is -0.508 e. The molecule has 1 unspecified atom stereocenters. The van der Waals surface area contributed by atoms with Gasteiger partial charge < -0.3 is 39.7 Å². The van der Waals surface area contributed by atoms with Crippen molar-refractivity contribution in [3.8, 4) is 23.0 Å². The van der Waals surface area contributed by atoms with E-state index in [2.05, 4.69) is 0 Å². The summed E-state index contributed by atoms with van der Waals surface area (Å²) in [5, 5.41) is 50.7. The monoisotopic (exact) mass is 592 g/mol. The summed E-state index contributed by atoms with van der Waals surface area (Å²) in [5.41, 5.74) is -2.45. The maximum atomic E-state index is 13.4. The average Bonchev–Trinajstić information content (AvgIpc) is 3.22. The maximum Gasteiger partial charge on any atom is 0.343 e. The summed E-state index contributed by atoms with van der Waals surface area (Å²) < 4.78 is 17.4. The number of aliphatic carboxylic acids is 2. The number of carboxylic acids is 3. The number of aromatic carboxylic acids is 1. The fourth-order valence-electron chi connectivity index (χ4n) is 5.60. The Labute approximate surface area is 242 Å². The van der Waals surface area contributed by atoms with Crippen LogP contribution in [0.25, 0.3) is 0 Å². The first-order valence-electron chi connectivity index (χ1n) is 12.9. The van der Waals surface area contributed by atoms with Crippen LogP contribution in [-0.4, -0.2) is 55.4 Å². The summed E-state index contributed by atoms with van der Waals surface area (Å²) in [5.74, 6) is -7.43. The van der Waals surface area contributed by atoms with Gasteiger partial charge in [0.1, 0.15) is 29.4 Å². The number of rotatable bonds is 9. The first-order chi connectivity index (χ1) is 20.4. The van der Waals surface area contributed by atoms with Gasteiger partial charge in [0.05, 0.1) is 11.1 Å². The van der Waals surface area contributed by atoms with Gasteiger partial charge in [-0.15, -0.1) is 0 Å². The van der Waals surface area contributed by atoms with Gasteiger partial charge in [0, 0.05) is 48.1 Å². The Morgan fingerprint density at radius 1 is 0.907 bits per heavy atom. The number of esters is 2. The molecule has 2 aliphatic rings. The molecule has 0 fully saturated rings. The molecule has 0 bridgehead atoms. The van der Waals surface area contributed by atoms with E-state index in [-0.39, 0.29) is 57.5 Å². The number of hydrogen-bond donors (Lipinski definition) is 5. The predicted octanol–water partition coefficient (Wildman–Crippen LogP) is 3.46. The standard InChI is InChI=1S/C30H24O13/c1-13(31)41-12-17-15(7-9-23(35)36)20(32)11-21-25(17)30(18-5-3-2-4-16(18)29(40)43-30)19-10-14(6-8-22(33)34)26(37)24(28(38)39)27(19)42-21/h2-5,10-11,32,37H,6-9,12H2,1H3,(H,33,34)(H,35,36)(H,38,39). The molecule has 3 aromatic rings. The Hall–Kier alpha value is -5.59. The van der Waals surface area contributed by atoms with Crippen LogP contribution in [0.15, 0.2) is 36.4 Å². The van der Waals surface area contributed by atoms with Gasteiger partial charge in [0.2, 0.25) is 0 Å². The number of carbonyl (C=O) groups is 5. The zero-order chi connectivity index (χ0) is 31.2. The Kier molecular flexibility index (Phi) is 7.18. The van der Waals surface area contributed by atoms with E-state index < -0.39 is 77.7 Å². The molecule has 43 heavy (non-hydrogen) atoms. The van der Waals surface area contributed by atoms with Gasteiger partial charge in [0.15, 0.2) is 11.4 Å². The second kappa shape index (κ2) is 10.7. The van der Waals surface area contributed by atoms with Gasteiger partial charge in [-0.25, -0.2) is 9.59 Å². The SMILES string of the molecule is CC(=O)OCc1c(CCC(=O)O)c(O)cc2c1C1(OC(=O)c3ccccc31)c1cc(CCC(=O)O)c(O)c(C(=O)O)c1O2. The molecule has 0 aliphatic carbocycles. The lowest BCUT2D eigenvalue weighted by Crippen LogP contribution is -2.36. The molecule has 0 radical (unpaired) electrons. The van der Waals surface area contributed by atoms with E-state index in [9.17, 15) is 49.5 Å². The molecular weight excluding hydrogens is 568 g/mol. The van der Waals surface area contributed by atoms with E-state index in [1.807, 2.05) is 0 Å². The molecule has 0 aromatic heterocycles. The Morgan fingerprint density at radius 3 is 2.23 bits per heavy atom. The summed E-state index contributed by atoms with van der Waals surface area (Å²) in [7, 11) is 0. The van der Waals surface area contributed by atoms with E-state index >= 15 is 0 Å². The summed E-state index contributed by atoms with van der Waals surface area (Å²) in [6.07, 6.45) is -1.44. The van der Waals surface area contributed by atoms with Crippen molar-refractivity contribution in [1.82, 2.24) is 0 Å². The fourth-order valence-corrected chi connectivity index (χ4v) is 5.60. The zero-order valence-corrected chi connectivity index (χ0v) is 22.5. The lowest BCUT2D eigenvalue weighted by atomic mass is 9.73. The number of phenolic OH excluding ortho intramolecular Hbond substituents is 1. The average molecular weight is 593 g/mol. The molecule has 1 spiro atoms. The van der Waals surface area contributed by atoms with Crippen LogP contribution in [0.2, 0.25) is 0 Å². The van der Waals surface area contributed by atoms with Crippen molar-refractivity contribution in [2.24, 2.45) is 0 Å². The first kappa shape index (κ1) is 28.9. The number of hydrogen-bond acceptors (Lipinski definition) is 10. The second-order valence-electron chi connectivity index (χ2n) is 9.95. The van der Waals surface area contributed by atoms with Crippen LogP contribution in [-0.2, 0) is 48.9 Å². The van der Waals surface area contributed by atoms with Crippen molar-refractivity contribution >= 4 is 29.8 Å². The minimum absolute atomic E-state index is 0.0314. The van der Waals surface area contributed by atoms with E-state index in [1.165, 1.54) is 12.1 Å². The molecule has 5 N–H and O–H groups in total. The second-order valence-corrected chi connectivity index (χ2v) is 9.95. The number of phenols is 2. The quantitative estimate of drug-likeness (QED) is 0.225. The van der Waals surface area contributed by atoms with E-state index in [0.29, 0.717) is 0 Å². The molecule has 0 saturated heterocycles. The number of carbonyl (C=O) groups excluding carboxylic acids is 2. The van der Waals surface area contributed by atoms with Gasteiger partial charge in [0.25, 0.3) is 0 Å². The van der Waals surface area contributed by atoms with Gasteiger partial charge >= 0.3 is 29.8 Å². The highest BCUT2D eigenvalue weighted by molar-refractivity contribution is 6.00. The Morgan fingerprint density at radius 2 is 1.58 bits per heavy atom. The number of aromatic hydroxyl groups is 2. The van der Waals surface area contributed by atoms with Crippen LogP contribution in [0, 0.1) is 0 Å². The third kappa shape index (κ3) is 4.74. The van der Waals surface area contributed by atoms with Crippen molar-refractivity contribution in [1.29, 1.82) is 0 Å². The van der Waals surface area contributed by atoms with Crippen molar-refractivity contribution in [2.45, 2.75) is 44.8 Å². The van der Waals surface area contributed by atoms with Gasteiger partial charge in [-0.1, -0.05) is 18.2 Å². The summed E-state index contributed by atoms with van der Waals surface area (Å²) >= 11 is 0. The molecular formula is C30H24O13. The summed E-state index contributed by atoms with van der Waals surface area (Å²) in [6.45, 7) is 0.617. The molecule has 13 heteroatoms. The number of ether oxygens (including phenoxy) is 3. The maximum absolute atomic E-state index is 13.4. The Balaban J connectivity index is 1.93. The molecule has 2 heterocycles. The highest BCUT2D eigenvalue weighted by atomic mass is 16.6. The number of carboxylic acid groups (broad SMARTS) is 3. The van der Waals surface area contributed by atoms with Crippen LogP contribution in [0.5, 0.6) is 23.0 Å². The lowest BCUT2D eigenvalue weighted by Gasteiger charge is -2.39. The van der Waals surface area contributed by atoms with Crippen molar-refractivity contribution < 1.29 is 63.7 Å². The fraction of sp³-hybridized carbons (Fsp3) is 0.233.